The Bertz CT molecular complexity index is 227. The Labute approximate surface area is 52.7 Å². The monoisotopic (exact) mass is 125 g/mol. The van der Waals surface area contributed by atoms with Crippen LogP contribution in [0.3, 0.4) is 0 Å². The lowest BCUT2D eigenvalue weighted by Crippen LogP contribution is -1.81. The molecule has 0 N–H and O–H groups in total. The van der Waals surface area contributed by atoms with E-state index < -0.39 is 0 Å². The zero-order chi connectivity index (χ0) is 6.85. The van der Waals surface area contributed by atoms with Crippen molar-refractivity contribution < 1.29 is 9.32 Å². The van der Waals surface area contributed by atoms with Crippen molar-refractivity contribution >= 4 is 6.29 Å². The van der Waals surface area contributed by atoms with Crippen molar-refractivity contribution in [3.8, 4) is 0 Å². The molecule has 1 rings (SSSR count). The summed E-state index contributed by atoms with van der Waals surface area (Å²) in [5.41, 5.74) is 1.22. The van der Waals surface area contributed by atoms with E-state index in [4.69, 9.17) is 4.52 Å². The number of carbonyl (C=O) groups excluding carboxylic acids is 1. The summed E-state index contributed by atoms with van der Waals surface area (Å²) >= 11 is 0. The van der Waals surface area contributed by atoms with Crippen LogP contribution in [-0.4, -0.2) is 11.4 Å². The molecule has 0 saturated carbocycles. The molecule has 0 atom stereocenters. The Morgan fingerprint density at radius 1 is 1.56 bits per heavy atom. The highest BCUT2D eigenvalue weighted by atomic mass is 16.5. The zero-order valence-corrected chi connectivity index (χ0v) is 5.34. The molecular weight excluding hydrogens is 118 g/mol. The SMILES string of the molecule is Cc1onc(C=O)c1C. The van der Waals surface area contributed by atoms with Gasteiger partial charge in [0, 0.05) is 5.56 Å². The van der Waals surface area contributed by atoms with Crippen molar-refractivity contribution in [3.63, 3.8) is 0 Å². The average molecular weight is 125 g/mol. The molecule has 3 nitrogen and oxygen atoms in total. The number of nitrogens with zero attached hydrogens (tertiary/aromatic N) is 1. The maximum absolute atomic E-state index is 10.1. The Morgan fingerprint density at radius 2 is 2.22 bits per heavy atom. The lowest BCUT2D eigenvalue weighted by molar-refractivity contribution is 0.111. The zero-order valence-electron chi connectivity index (χ0n) is 5.34. The molecule has 0 saturated heterocycles. The first-order valence-electron chi connectivity index (χ1n) is 2.63. The molecule has 0 aliphatic carbocycles. The van der Waals surface area contributed by atoms with Crippen molar-refractivity contribution in [2.45, 2.75) is 13.8 Å². The third-order valence-electron chi connectivity index (χ3n) is 1.30. The minimum Gasteiger partial charge on any atom is -0.361 e. The summed E-state index contributed by atoms with van der Waals surface area (Å²) in [5.74, 6) is 0.706. The van der Waals surface area contributed by atoms with E-state index in [1.54, 1.807) is 13.8 Å². The smallest absolute Gasteiger partial charge is 0.172 e. The molecule has 0 bridgehead atoms. The van der Waals surface area contributed by atoms with Crippen LogP contribution in [0.25, 0.3) is 0 Å². The predicted molar refractivity (Wildman–Crippen MR) is 31.4 cm³/mol. The first kappa shape index (κ1) is 6.01. The molecule has 0 spiro atoms. The Morgan fingerprint density at radius 3 is 2.44 bits per heavy atom. The average Bonchev–Trinajstić information content (AvgIpc) is 2.15. The van der Waals surface area contributed by atoms with Crippen LogP contribution in [0.15, 0.2) is 4.52 Å². The fraction of sp³-hybridized carbons (Fsp3) is 0.333. The van der Waals surface area contributed by atoms with Gasteiger partial charge in [0.2, 0.25) is 0 Å². The van der Waals surface area contributed by atoms with E-state index in [1.807, 2.05) is 0 Å². The number of aryl methyl sites for hydroxylation is 1. The lowest BCUT2D eigenvalue weighted by Gasteiger charge is -1.79. The summed E-state index contributed by atoms with van der Waals surface area (Å²) in [7, 11) is 0. The van der Waals surface area contributed by atoms with Gasteiger partial charge < -0.3 is 4.52 Å². The van der Waals surface area contributed by atoms with E-state index in [2.05, 4.69) is 5.16 Å². The van der Waals surface area contributed by atoms with Crippen molar-refractivity contribution in [3.05, 3.63) is 17.0 Å². The van der Waals surface area contributed by atoms with Crippen LogP contribution >= 0.6 is 0 Å². The van der Waals surface area contributed by atoms with E-state index in [9.17, 15) is 4.79 Å². The molecule has 0 radical (unpaired) electrons. The topological polar surface area (TPSA) is 43.1 Å². The van der Waals surface area contributed by atoms with Gasteiger partial charge in [0.1, 0.15) is 11.5 Å². The number of hydrogen-bond donors (Lipinski definition) is 0. The second kappa shape index (κ2) is 2.01. The molecular formula is C6H7NO2. The quantitative estimate of drug-likeness (QED) is 0.528. The van der Waals surface area contributed by atoms with Gasteiger partial charge in [0.25, 0.3) is 0 Å². The van der Waals surface area contributed by atoms with Crippen LogP contribution in [0.4, 0.5) is 0 Å². The van der Waals surface area contributed by atoms with Gasteiger partial charge in [-0.05, 0) is 13.8 Å². The highest BCUT2D eigenvalue weighted by Gasteiger charge is 2.04. The number of hydrogen-bond acceptors (Lipinski definition) is 3. The van der Waals surface area contributed by atoms with Crippen LogP contribution < -0.4 is 0 Å². The number of aromatic nitrogens is 1. The largest absolute Gasteiger partial charge is 0.361 e. The van der Waals surface area contributed by atoms with Gasteiger partial charge in [-0.25, -0.2) is 0 Å². The third kappa shape index (κ3) is 0.850. The van der Waals surface area contributed by atoms with E-state index in [-0.39, 0.29) is 0 Å². The minimum atomic E-state index is 0.396. The fourth-order valence-corrected chi connectivity index (χ4v) is 0.545. The first-order valence-corrected chi connectivity index (χ1v) is 2.63. The van der Waals surface area contributed by atoms with Crippen LogP contribution in [0.2, 0.25) is 0 Å². The number of carbonyl (C=O) groups is 1. The maximum Gasteiger partial charge on any atom is 0.172 e. The van der Waals surface area contributed by atoms with Gasteiger partial charge in [-0.15, -0.1) is 0 Å². The fourth-order valence-electron chi connectivity index (χ4n) is 0.545. The predicted octanol–water partition coefficient (Wildman–Crippen LogP) is 1.10. The molecule has 0 aromatic carbocycles. The molecule has 3 heteroatoms. The Hall–Kier alpha value is -1.12. The summed E-state index contributed by atoms with van der Waals surface area (Å²) in [6.45, 7) is 3.57. The Kier molecular flexibility index (Phi) is 1.34. The molecule has 0 aliphatic rings. The van der Waals surface area contributed by atoms with Crippen molar-refractivity contribution in [2.24, 2.45) is 0 Å². The van der Waals surface area contributed by atoms with Gasteiger partial charge >= 0.3 is 0 Å². The van der Waals surface area contributed by atoms with Gasteiger partial charge in [0.05, 0.1) is 0 Å². The Balaban J connectivity index is 3.18. The molecule has 0 unspecified atom stereocenters. The van der Waals surface area contributed by atoms with Crippen LogP contribution in [0, 0.1) is 13.8 Å². The highest BCUT2D eigenvalue weighted by molar-refractivity contribution is 5.73. The van der Waals surface area contributed by atoms with Crippen molar-refractivity contribution in [2.75, 3.05) is 0 Å². The van der Waals surface area contributed by atoms with Crippen LogP contribution in [0.5, 0.6) is 0 Å². The summed E-state index contributed by atoms with van der Waals surface area (Å²) in [5, 5.41) is 3.49. The summed E-state index contributed by atoms with van der Waals surface area (Å²) in [6.07, 6.45) is 0.686. The molecule has 1 heterocycles. The maximum atomic E-state index is 10.1. The number of aldehydes is 1. The normalized spacial score (nSPS) is 9.56. The lowest BCUT2D eigenvalue weighted by atomic mass is 10.2. The second-order valence-corrected chi connectivity index (χ2v) is 1.87. The highest BCUT2D eigenvalue weighted by Crippen LogP contribution is 2.07. The van der Waals surface area contributed by atoms with Gasteiger partial charge in [-0.3, -0.25) is 4.79 Å². The molecule has 0 fully saturated rings. The van der Waals surface area contributed by atoms with E-state index in [0.717, 1.165) is 5.56 Å². The van der Waals surface area contributed by atoms with E-state index in [0.29, 0.717) is 17.7 Å². The van der Waals surface area contributed by atoms with E-state index >= 15 is 0 Å². The third-order valence-corrected chi connectivity index (χ3v) is 1.30. The molecule has 0 amide bonds. The van der Waals surface area contributed by atoms with Crippen LogP contribution in [0.1, 0.15) is 21.8 Å². The van der Waals surface area contributed by atoms with Crippen molar-refractivity contribution in [1.82, 2.24) is 5.16 Å². The summed E-state index contributed by atoms with van der Waals surface area (Å²) in [6, 6.07) is 0. The van der Waals surface area contributed by atoms with Crippen LogP contribution in [-0.2, 0) is 0 Å². The van der Waals surface area contributed by atoms with Crippen molar-refractivity contribution in [1.29, 1.82) is 0 Å². The summed E-state index contributed by atoms with van der Waals surface area (Å²) < 4.78 is 4.70. The number of rotatable bonds is 1. The minimum absolute atomic E-state index is 0.396. The molecule has 9 heavy (non-hydrogen) atoms. The first-order chi connectivity index (χ1) is 4.25. The summed E-state index contributed by atoms with van der Waals surface area (Å²) in [4.78, 5) is 10.1. The van der Waals surface area contributed by atoms with E-state index in [1.165, 1.54) is 0 Å². The van der Waals surface area contributed by atoms with Gasteiger partial charge in [-0.1, -0.05) is 5.16 Å². The van der Waals surface area contributed by atoms with Gasteiger partial charge in [-0.2, -0.15) is 0 Å². The molecule has 1 aromatic rings. The standard InChI is InChI=1S/C6H7NO2/c1-4-5(2)9-7-6(4)3-8/h3H,1-2H3. The van der Waals surface area contributed by atoms with Gasteiger partial charge in [0.15, 0.2) is 6.29 Å². The second-order valence-electron chi connectivity index (χ2n) is 1.87. The molecule has 1 aromatic heterocycles. The molecule has 48 valence electrons. The molecule has 0 aliphatic heterocycles.